The zero-order valence-electron chi connectivity index (χ0n) is 12.0. The van der Waals surface area contributed by atoms with Crippen molar-refractivity contribution in [2.45, 2.75) is 13.1 Å². The summed E-state index contributed by atoms with van der Waals surface area (Å²) in [4.78, 5) is 3.75. The van der Waals surface area contributed by atoms with E-state index in [0.29, 0.717) is 22.5 Å². The summed E-state index contributed by atoms with van der Waals surface area (Å²) in [6, 6.07) is 11.4. The molecule has 1 heterocycles. The number of methoxy groups -OCH3 is 1. The van der Waals surface area contributed by atoms with Gasteiger partial charge in [0.15, 0.2) is 0 Å². The van der Waals surface area contributed by atoms with Gasteiger partial charge in [-0.1, -0.05) is 6.07 Å². The zero-order chi connectivity index (χ0) is 15.9. The van der Waals surface area contributed by atoms with Crippen LogP contribution in [0.25, 0.3) is 16.7 Å². The van der Waals surface area contributed by atoms with Gasteiger partial charge in [-0.25, -0.2) is 4.98 Å². The topological polar surface area (TPSA) is 27.1 Å². The number of halogens is 3. The average Bonchev–Trinajstić information content (AvgIpc) is 2.86. The number of alkyl halides is 3. The van der Waals surface area contributed by atoms with Crippen LogP contribution < -0.4 is 4.74 Å². The number of aromatic nitrogens is 2. The smallest absolute Gasteiger partial charge is 0.450 e. The summed E-state index contributed by atoms with van der Waals surface area (Å²) in [5.41, 5.74) is 2.00. The molecule has 2 aromatic carbocycles. The molecule has 3 aromatic rings. The lowest BCUT2D eigenvalue weighted by atomic mass is 10.2. The lowest BCUT2D eigenvalue weighted by molar-refractivity contribution is -0.145. The first kappa shape index (κ1) is 14.4. The number of imidazole rings is 1. The number of nitrogens with zero attached hydrogens (tertiary/aromatic N) is 2. The summed E-state index contributed by atoms with van der Waals surface area (Å²) in [6.45, 7) is 1.83. The van der Waals surface area contributed by atoms with Gasteiger partial charge in [-0.2, -0.15) is 13.2 Å². The molecule has 1 aromatic heterocycles. The van der Waals surface area contributed by atoms with Crippen molar-refractivity contribution in [2.24, 2.45) is 0 Å². The SMILES string of the molecule is COc1ccc(-n2c(C(F)(F)F)nc3ccc(C)cc32)cc1. The summed E-state index contributed by atoms with van der Waals surface area (Å²) < 4.78 is 46.1. The number of hydrogen-bond acceptors (Lipinski definition) is 2. The van der Waals surface area contributed by atoms with Gasteiger partial charge in [0.1, 0.15) is 5.75 Å². The molecule has 0 atom stereocenters. The number of fused-ring (bicyclic) bond motifs is 1. The Morgan fingerprint density at radius 2 is 1.73 bits per heavy atom. The fourth-order valence-electron chi connectivity index (χ4n) is 2.37. The van der Waals surface area contributed by atoms with Crippen molar-refractivity contribution in [3.8, 4) is 11.4 Å². The Balaban J connectivity index is 2.30. The Hall–Kier alpha value is -2.50. The van der Waals surface area contributed by atoms with Crippen molar-refractivity contribution < 1.29 is 17.9 Å². The third-order valence-corrected chi connectivity index (χ3v) is 3.39. The van der Waals surface area contributed by atoms with E-state index in [9.17, 15) is 13.2 Å². The molecule has 0 aliphatic heterocycles. The highest BCUT2D eigenvalue weighted by molar-refractivity contribution is 5.79. The van der Waals surface area contributed by atoms with E-state index in [-0.39, 0.29) is 0 Å². The minimum atomic E-state index is -4.53. The van der Waals surface area contributed by atoms with Crippen LogP contribution in [0.2, 0.25) is 0 Å². The monoisotopic (exact) mass is 306 g/mol. The lowest BCUT2D eigenvalue weighted by Crippen LogP contribution is -2.13. The van der Waals surface area contributed by atoms with Crippen LogP contribution in [0.15, 0.2) is 42.5 Å². The van der Waals surface area contributed by atoms with E-state index < -0.39 is 12.0 Å². The van der Waals surface area contributed by atoms with Crippen LogP contribution in [0, 0.1) is 6.92 Å². The van der Waals surface area contributed by atoms with Gasteiger partial charge in [0.25, 0.3) is 0 Å². The molecule has 0 aliphatic carbocycles. The maximum Gasteiger partial charge on any atom is 0.450 e. The molecule has 0 bridgehead atoms. The summed E-state index contributed by atoms with van der Waals surface area (Å²) >= 11 is 0. The molecule has 3 rings (SSSR count). The third-order valence-electron chi connectivity index (χ3n) is 3.39. The minimum absolute atomic E-state index is 0.314. The second kappa shape index (κ2) is 5.05. The summed E-state index contributed by atoms with van der Waals surface area (Å²) in [6.07, 6.45) is -4.53. The highest BCUT2D eigenvalue weighted by atomic mass is 19.4. The first-order valence-corrected chi connectivity index (χ1v) is 6.61. The maximum absolute atomic E-state index is 13.3. The van der Waals surface area contributed by atoms with Gasteiger partial charge in [0, 0.05) is 5.69 Å². The van der Waals surface area contributed by atoms with Crippen LogP contribution >= 0.6 is 0 Å². The van der Waals surface area contributed by atoms with Crippen LogP contribution in [0.4, 0.5) is 13.2 Å². The van der Waals surface area contributed by atoms with Crippen LogP contribution in [-0.2, 0) is 6.18 Å². The Labute approximate surface area is 125 Å². The van der Waals surface area contributed by atoms with Crippen LogP contribution in [-0.4, -0.2) is 16.7 Å². The van der Waals surface area contributed by atoms with Gasteiger partial charge in [0.05, 0.1) is 18.1 Å². The normalized spacial score (nSPS) is 11.9. The van der Waals surface area contributed by atoms with E-state index in [0.717, 1.165) is 10.1 Å². The first-order valence-electron chi connectivity index (χ1n) is 6.61. The molecule has 22 heavy (non-hydrogen) atoms. The predicted octanol–water partition coefficient (Wildman–Crippen LogP) is 4.36. The Kier molecular flexibility index (Phi) is 3.31. The molecule has 0 radical (unpaired) electrons. The van der Waals surface area contributed by atoms with E-state index in [1.54, 1.807) is 42.5 Å². The van der Waals surface area contributed by atoms with Crippen LogP contribution in [0.3, 0.4) is 0 Å². The van der Waals surface area contributed by atoms with E-state index in [4.69, 9.17) is 4.74 Å². The number of hydrogen-bond donors (Lipinski definition) is 0. The number of ether oxygens (including phenoxy) is 1. The Bertz CT molecular complexity index is 820. The molecule has 0 fully saturated rings. The quantitative estimate of drug-likeness (QED) is 0.703. The van der Waals surface area contributed by atoms with Gasteiger partial charge >= 0.3 is 6.18 Å². The molecule has 0 spiro atoms. The van der Waals surface area contributed by atoms with Crippen molar-refractivity contribution >= 4 is 11.0 Å². The van der Waals surface area contributed by atoms with Crippen LogP contribution in [0.1, 0.15) is 11.4 Å². The largest absolute Gasteiger partial charge is 0.497 e. The number of rotatable bonds is 2. The van der Waals surface area contributed by atoms with Crippen molar-refractivity contribution in [1.82, 2.24) is 9.55 Å². The fraction of sp³-hybridized carbons (Fsp3) is 0.188. The van der Waals surface area contributed by atoms with Gasteiger partial charge < -0.3 is 4.74 Å². The second-order valence-corrected chi connectivity index (χ2v) is 4.96. The Morgan fingerprint density at radius 1 is 1.05 bits per heavy atom. The molecule has 0 amide bonds. The van der Waals surface area contributed by atoms with Crippen molar-refractivity contribution in [3.05, 3.63) is 53.9 Å². The molecular weight excluding hydrogens is 293 g/mol. The lowest BCUT2D eigenvalue weighted by Gasteiger charge is -2.12. The number of benzene rings is 2. The summed E-state index contributed by atoms with van der Waals surface area (Å²) in [5.74, 6) is -0.351. The van der Waals surface area contributed by atoms with E-state index >= 15 is 0 Å². The highest BCUT2D eigenvalue weighted by Crippen LogP contribution is 2.34. The van der Waals surface area contributed by atoms with Gasteiger partial charge in [0.2, 0.25) is 5.82 Å². The molecule has 0 unspecified atom stereocenters. The Morgan fingerprint density at radius 3 is 2.32 bits per heavy atom. The van der Waals surface area contributed by atoms with Gasteiger partial charge in [-0.05, 0) is 48.9 Å². The second-order valence-electron chi connectivity index (χ2n) is 4.96. The van der Waals surface area contributed by atoms with Gasteiger partial charge in [-0.15, -0.1) is 0 Å². The molecule has 0 saturated carbocycles. The predicted molar refractivity (Wildman–Crippen MR) is 77.4 cm³/mol. The van der Waals surface area contributed by atoms with E-state index in [1.807, 2.05) is 6.92 Å². The first-order chi connectivity index (χ1) is 10.4. The van der Waals surface area contributed by atoms with Crippen molar-refractivity contribution in [3.63, 3.8) is 0 Å². The van der Waals surface area contributed by atoms with Gasteiger partial charge in [-0.3, -0.25) is 4.57 Å². The third kappa shape index (κ3) is 2.41. The molecule has 0 N–H and O–H groups in total. The molecule has 0 aliphatic rings. The molecule has 3 nitrogen and oxygen atoms in total. The van der Waals surface area contributed by atoms with Crippen molar-refractivity contribution in [1.29, 1.82) is 0 Å². The number of aryl methyl sites for hydroxylation is 1. The van der Waals surface area contributed by atoms with E-state index in [2.05, 4.69) is 4.98 Å². The molecule has 114 valence electrons. The highest BCUT2D eigenvalue weighted by Gasteiger charge is 2.38. The molecular formula is C16H13F3N2O. The van der Waals surface area contributed by atoms with E-state index in [1.165, 1.54) is 7.11 Å². The summed E-state index contributed by atoms with van der Waals surface area (Å²) in [5, 5.41) is 0. The van der Waals surface area contributed by atoms with Crippen LogP contribution in [0.5, 0.6) is 5.75 Å². The minimum Gasteiger partial charge on any atom is -0.497 e. The molecule has 6 heteroatoms. The average molecular weight is 306 g/mol. The van der Waals surface area contributed by atoms with Crippen molar-refractivity contribution in [2.75, 3.05) is 7.11 Å². The summed E-state index contributed by atoms with van der Waals surface area (Å²) in [7, 11) is 1.51. The maximum atomic E-state index is 13.3. The zero-order valence-corrected chi connectivity index (χ0v) is 12.0. The fourth-order valence-corrected chi connectivity index (χ4v) is 2.37. The standard InChI is InChI=1S/C16H13F3N2O/c1-10-3-8-13-14(9-10)21(15(20-13)16(17,18)19)11-4-6-12(22-2)7-5-11/h3-9H,1-2H3. The molecule has 0 saturated heterocycles.